The van der Waals surface area contributed by atoms with Crippen LogP contribution in [-0.4, -0.2) is 28.9 Å². The Labute approximate surface area is 140 Å². The molecule has 0 bridgehead atoms. The van der Waals surface area contributed by atoms with Crippen LogP contribution < -0.4 is 10.6 Å². The second kappa shape index (κ2) is 8.10. The molecule has 6 nitrogen and oxygen atoms in total. The molecule has 1 rings (SSSR count). The predicted molar refractivity (Wildman–Crippen MR) is 90.9 cm³/mol. The zero-order chi connectivity index (χ0) is 17.7. The minimum absolute atomic E-state index is 0.179. The predicted octanol–water partition coefficient (Wildman–Crippen LogP) is 2.74. The lowest BCUT2D eigenvalue weighted by molar-refractivity contribution is -0.140. The van der Waals surface area contributed by atoms with Crippen molar-refractivity contribution in [2.45, 2.75) is 47.1 Å². The Morgan fingerprint density at radius 3 is 2.26 bits per heavy atom. The Kier molecular flexibility index (Phi) is 6.75. The molecule has 0 fully saturated rings. The molecule has 23 heavy (non-hydrogen) atoms. The van der Waals surface area contributed by atoms with Crippen LogP contribution in [0.25, 0.3) is 0 Å². The Hall–Kier alpha value is -1.89. The smallest absolute Gasteiger partial charge is 0.326 e. The number of carboxylic acid groups (broad SMARTS) is 1. The van der Waals surface area contributed by atoms with Gasteiger partial charge in [-0.15, -0.1) is 11.3 Å². The lowest BCUT2D eigenvalue weighted by Gasteiger charge is -2.18. The molecule has 0 aliphatic carbocycles. The number of nitrogens with one attached hydrogen (secondary N) is 2. The number of hydrogen-bond acceptors (Lipinski definition) is 4. The van der Waals surface area contributed by atoms with E-state index in [1.165, 1.54) is 11.3 Å². The Bertz CT molecular complexity index is 593. The van der Waals surface area contributed by atoms with Crippen LogP contribution in [0.3, 0.4) is 0 Å². The van der Waals surface area contributed by atoms with E-state index in [1.807, 2.05) is 6.92 Å². The van der Waals surface area contributed by atoms with Gasteiger partial charge in [0.2, 0.25) is 5.91 Å². The summed E-state index contributed by atoms with van der Waals surface area (Å²) >= 11 is 1.34. The molecule has 1 aromatic rings. The normalized spacial score (nSPS) is 12.3. The van der Waals surface area contributed by atoms with Crippen LogP contribution in [0.4, 0.5) is 5.00 Å². The van der Waals surface area contributed by atoms with Crippen LogP contribution in [-0.2, 0) is 16.0 Å². The second-order valence-corrected chi connectivity index (χ2v) is 7.12. The average molecular weight is 340 g/mol. The number of carbonyl (C=O) groups is 3. The van der Waals surface area contributed by atoms with Crippen molar-refractivity contribution in [2.24, 2.45) is 11.8 Å². The lowest BCUT2D eigenvalue weighted by Crippen LogP contribution is -2.44. The summed E-state index contributed by atoms with van der Waals surface area (Å²) in [6, 6.07) is 0.732. The highest BCUT2D eigenvalue weighted by atomic mass is 32.1. The summed E-state index contributed by atoms with van der Waals surface area (Å²) in [6.45, 7) is 8.94. The molecule has 0 spiro atoms. The van der Waals surface area contributed by atoms with Gasteiger partial charge in [-0.2, -0.15) is 0 Å². The van der Waals surface area contributed by atoms with E-state index in [0.717, 1.165) is 11.3 Å². The number of amides is 2. The number of aryl methyl sites for hydroxylation is 1. The third-order valence-electron chi connectivity index (χ3n) is 3.36. The molecule has 0 saturated carbocycles. The molecule has 2 amide bonds. The number of hydrogen-bond donors (Lipinski definition) is 3. The topological polar surface area (TPSA) is 95.5 Å². The zero-order valence-electron chi connectivity index (χ0n) is 14.1. The number of thiophene rings is 1. The van der Waals surface area contributed by atoms with Gasteiger partial charge in [0.05, 0.1) is 5.56 Å². The molecule has 7 heteroatoms. The summed E-state index contributed by atoms with van der Waals surface area (Å²) in [4.78, 5) is 36.5. The first kappa shape index (κ1) is 19.2. The highest BCUT2D eigenvalue weighted by molar-refractivity contribution is 7.16. The highest BCUT2D eigenvalue weighted by Crippen LogP contribution is 2.29. The molecule has 1 unspecified atom stereocenters. The molecule has 3 N–H and O–H groups in total. The Morgan fingerprint density at radius 2 is 1.83 bits per heavy atom. The van der Waals surface area contributed by atoms with E-state index in [2.05, 4.69) is 10.6 Å². The van der Waals surface area contributed by atoms with Crippen LogP contribution in [0.5, 0.6) is 0 Å². The number of carboxylic acids is 1. The molecule has 0 aliphatic heterocycles. The van der Waals surface area contributed by atoms with E-state index in [0.29, 0.717) is 10.6 Å². The summed E-state index contributed by atoms with van der Waals surface area (Å²) in [5, 5.41) is 14.9. The van der Waals surface area contributed by atoms with Gasteiger partial charge < -0.3 is 15.7 Å². The summed E-state index contributed by atoms with van der Waals surface area (Å²) in [5.41, 5.74) is 0.313. The first-order chi connectivity index (χ1) is 10.7. The maximum Gasteiger partial charge on any atom is 0.326 e. The molecule has 0 radical (unpaired) electrons. The minimum atomic E-state index is -1.08. The van der Waals surface area contributed by atoms with Crippen LogP contribution in [0, 0.1) is 11.8 Å². The third kappa shape index (κ3) is 5.06. The monoisotopic (exact) mass is 340 g/mol. The number of aliphatic carboxylic acids is 1. The van der Waals surface area contributed by atoms with Crippen molar-refractivity contribution in [1.29, 1.82) is 0 Å². The molecule has 1 atom stereocenters. The number of anilines is 1. The van der Waals surface area contributed by atoms with E-state index >= 15 is 0 Å². The van der Waals surface area contributed by atoms with Crippen molar-refractivity contribution in [1.82, 2.24) is 5.32 Å². The van der Waals surface area contributed by atoms with E-state index in [1.54, 1.807) is 33.8 Å². The molecular formula is C16H24N2O4S. The fourth-order valence-electron chi connectivity index (χ4n) is 1.87. The zero-order valence-corrected chi connectivity index (χ0v) is 14.9. The molecule has 128 valence electrons. The van der Waals surface area contributed by atoms with Crippen molar-refractivity contribution in [3.05, 3.63) is 16.5 Å². The summed E-state index contributed by atoms with van der Waals surface area (Å²) in [7, 11) is 0. The maximum absolute atomic E-state index is 12.4. The van der Waals surface area contributed by atoms with Gasteiger partial charge >= 0.3 is 5.97 Å². The minimum Gasteiger partial charge on any atom is -0.480 e. The van der Waals surface area contributed by atoms with Gasteiger partial charge in [-0.3, -0.25) is 9.59 Å². The fraction of sp³-hybridized carbons (Fsp3) is 0.562. The molecule has 0 aromatic carbocycles. The fourth-order valence-corrected chi connectivity index (χ4v) is 2.86. The van der Waals surface area contributed by atoms with Crippen LogP contribution >= 0.6 is 11.3 Å². The average Bonchev–Trinajstić information content (AvgIpc) is 2.86. The van der Waals surface area contributed by atoms with Gasteiger partial charge in [-0.05, 0) is 18.4 Å². The van der Waals surface area contributed by atoms with E-state index in [4.69, 9.17) is 0 Å². The lowest BCUT2D eigenvalue weighted by atomic mass is 10.0. The molecule has 0 saturated heterocycles. The Balaban J connectivity index is 3.05. The highest BCUT2D eigenvalue weighted by Gasteiger charge is 2.26. The number of carbonyl (C=O) groups excluding carboxylic acids is 2. The van der Waals surface area contributed by atoms with E-state index in [-0.39, 0.29) is 17.7 Å². The van der Waals surface area contributed by atoms with Gasteiger partial charge in [0.1, 0.15) is 11.0 Å². The van der Waals surface area contributed by atoms with Gasteiger partial charge in [0.15, 0.2) is 0 Å². The number of rotatable bonds is 7. The van der Waals surface area contributed by atoms with Gasteiger partial charge in [0, 0.05) is 10.8 Å². The molecule has 1 aromatic heterocycles. The summed E-state index contributed by atoms with van der Waals surface area (Å²) in [5.74, 6) is -2.19. The third-order valence-corrected chi connectivity index (χ3v) is 4.55. The van der Waals surface area contributed by atoms with Crippen molar-refractivity contribution in [2.75, 3.05) is 5.32 Å². The summed E-state index contributed by atoms with van der Waals surface area (Å²) in [6.07, 6.45) is 0.731. The largest absolute Gasteiger partial charge is 0.480 e. The Morgan fingerprint density at radius 1 is 1.22 bits per heavy atom. The SMILES string of the molecule is CCc1cc(C(=O)NC(C(=O)O)C(C)C)c(NC(=O)C(C)C)s1. The van der Waals surface area contributed by atoms with Crippen LogP contribution in [0.1, 0.15) is 49.9 Å². The first-order valence-electron chi connectivity index (χ1n) is 7.64. The van der Waals surface area contributed by atoms with Gasteiger partial charge in [0.25, 0.3) is 5.91 Å². The van der Waals surface area contributed by atoms with Crippen LogP contribution in [0.15, 0.2) is 6.07 Å². The summed E-state index contributed by atoms with van der Waals surface area (Å²) < 4.78 is 0. The molecule has 0 aliphatic rings. The first-order valence-corrected chi connectivity index (χ1v) is 8.46. The van der Waals surface area contributed by atoms with Crippen molar-refractivity contribution < 1.29 is 19.5 Å². The second-order valence-electron chi connectivity index (χ2n) is 5.99. The van der Waals surface area contributed by atoms with E-state index in [9.17, 15) is 19.5 Å². The van der Waals surface area contributed by atoms with E-state index < -0.39 is 17.9 Å². The quantitative estimate of drug-likeness (QED) is 0.711. The van der Waals surface area contributed by atoms with Crippen molar-refractivity contribution in [3.8, 4) is 0 Å². The molecule has 1 heterocycles. The molecular weight excluding hydrogens is 316 g/mol. The van der Waals surface area contributed by atoms with Crippen molar-refractivity contribution in [3.63, 3.8) is 0 Å². The van der Waals surface area contributed by atoms with Crippen molar-refractivity contribution >= 4 is 34.1 Å². The maximum atomic E-state index is 12.4. The van der Waals surface area contributed by atoms with Gasteiger partial charge in [-0.25, -0.2) is 4.79 Å². The van der Waals surface area contributed by atoms with Crippen LogP contribution in [0.2, 0.25) is 0 Å². The van der Waals surface area contributed by atoms with Gasteiger partial charge in [-0.1, -0.05) is 34.6 Å². The standard InChI is InChI=1S/C16H24N2O4S/c1-6-10-7-11(15(23-10)18-13(19)9(4)5)14(20)17-12(8(2)3)16(21)22/h7-9,12H,6H2,1-5H3,(H,17,20)(H,18,19)(H,21,22).